The van der Waals surface area contributed by atoms with Gasteiger partial charge in [-0.25, -0.2) is 4.79 Å². The Bertz CT molecular complexity index is 466. The number of hydrogen-bond acceptors (Lipinski definition) is 6. The molecule has 0 aliphatic carbocycles. The van der Waals surface area contributed by atoms with E-state index in [2.05, 4.69) is 28.9 Å². The highest BCUT2D eigenvalue weighted by Gasteiger charge is 2.40. The van der Waals surface area contributed by atoms with Crippen molar-refractivity contribution < 1.29 is 19.2 Å². The van der Waals surface area contributed by atoms with Gasteiger partial charge >= 0.3 is 5.97 Å². The Balaban J connectivity index is 1.76. The first-order chi connectivity index (χ1) is 9.36. The van der Waals surface area contributed by atoms with Crippen LogP contribution in [0.1, 0.15) is 32.5 Å². The first kappa shape index (κ1) is 14.9. The third-order valence-corrected chi connectivity index (χ3v) is 3.12. The van der Waals surface area contributed by atoms with Crippen molar-refractivity contribution in [2.75, 3.05) is 19.7 Å². The minimum Gasteiger partial charge on any atom is -0.480 e. The van der Waals surface area contributed by atoms with Gasteiger partial charge < -0.3 is 14.4 Å². The van der Waals surface area contributed by atoms with Gasteiger partial charge in [0.15, 0.2) is 5.82 Å². The van der Waals surface area contributed by atoms with Crippen molar-refractivity contribution in [1.82, 2.24) is 15.0 Å². The van der Waals surface area contributed by atoms with E-state index < -0.39 is 5.97 Å². The number of carboxylic acid groups (broad SMARTS) is 1. The van der Waals surface area contributed by atoms with Gasteiger partial charge in [-0.1, -0.05) is 19.0 Å². The van der Waals surface area contributed by atoms with E-state index in [4.69, 9.17) is 14.4 Å². The van der Waals surface area contributed by atoms with Crippen LogP contribution in [0.4, 0.5) is 0 Å². The largest absolute Gasteiger partial charge is 0.480 e. The lowest BCUT2D eigenvalue weighted by atomic mass is 9.96. The van der Waals surface area contributed by atoms with Crippen molar-refractivity contribution >= 4 is 5.97 Å². The Labute approximate surface area is 117 Å². The van der Waals surface area contributed by atoms with Gasteiger partial charge in [0.05, 0.1) is 12.1 Å². The van der Waals surface area contributed by atoms with Crippen LogP contribution in [0.5, 0.6) is 0 Å². The van der Waals surface area contributed by atoms with Crippen LogP contribution in [-0.2, 0) is 22.5 Å². The molecule has 2 heterocycles. The molecule has 0 spiro atoms. The molecule has 0 bridgehead atoms. The molecule has 20 heavy (non-hydrogen) atoms. The summed E-state index contributed by atoms with van der Waals surface area (Å²) in [5, 5.41) is 12.5. The second kappa shape index (κ2) is 5.88. The predicted molar refractivity (Wildman–Crippen MR) is 70.1 cm³/mol. The van der Waals surface area contributed by atoms with E-state index in [9.17, 15) is 4.79 Å². The maximum atomic E-state index is 10.5. The number of carboxylic acids is 1. The second-order valence-electron chi connectivity index (χ2n) is 5.98. The molecular formula is C13H21N3O4. The molecule has 1 aliphatic rings. The standard InChI is InChI=1S/C13H21N3O4/c1-9(2)4-10-14-11(20-15-10)5-16-7-13(3,8-16)19-6-12(17)18/h9H,4-8H2,1-3H3,(H,17,18). The Kier molecular flexibility index (Phi) is 4.39. The maximum Gasteiger partial charge on any atom is 0.329 e. The topological polar surface area (TPSA) is 88.7 Å². The number of nitrogens with zero attached hydrogens (tertiary/aromatic N) is 3. The summed E-state index contributed by atoms with van der Waals surface area (Å²) >= 11 is 0. The summed E-state index contributed by atoms with van der Waals surface area (Å²) in [6.07, 6.45) is 0.808. The molecule has 1 fully saturated rings. The lowest BCUT2D eigenvalue weighted by Crippen LogP contribution is -2.61. The molecule has 0 saturated carbocycles. The number of aliphatic carboxylic acids is 1. The number of likely N-dealkylation sites (tertiary alicyclic amines) is 1. The Morgan fingerprint density at radius 1 is 1.55 bits per heavy atom. The minimum atomic E-state index is -0.945. The first-order valence-electron chi connectivity index (χ1n) is 6.76. The van der Waals surface area contributed by atoms with Gasteiger partial charge in [0.2, 0.25) is 5.89 Å². The molecule has 0 radical (unpaired) electrons. The molecule has 112 valence electrons. The fourth-order valence-corrected chi connectivity index (χ4v) is 2.33. The number of ether oxygens (including phenoxy) is 1. The van der Waals surface area contributed by atoms with Crippen molar-refractivity contribution in [3.05, 3.63) is 11.7 Å². The summed E-state index contributed by atoms with van der Waals surface area (Å²) in [5.74, 6) is 0.887. The van der Waals surface area contributed by atoms with Crippen LogP contribution < -0.4 is 0 Å². The fourth-order valence-electron chi connectivity index (χ4n) is 2.33. The van der Waals surface area contributed by atoms with Gasteiger partial charge in [0.1, 0.15) is 6.61 Å². The summed E-state index contributed by atoms with van der Waals surface area (Å²) in [4.78, 5) is 16.9. The zero-order valence-corrected chi connectivity index (χ0v) is 12.1. The quantitative estimate of drug-likeness (QED) is 0.796. The molecule has 1 saturated heterocycles. The van der Waals surface area contributed by atoms with Crippen LogP contribution >= 0.6 is 0 Å². The highest BCUT2D eigenvalue weighted by atomic mass is 16.5. The van der Waals surface area contributed by atoms with Crippen LogP contribution in [0.15, 0.2) is 4.52 Å². The van der Waals surface area contributed by atoms with Gasteiger partial charge in [-0.15, -0.1) is 0 Å². The van der Waals surface area contributed by atoms with Gasteiger partial charge in [-0.3, -0.25) is 4.90 Å². The van der Waals surface area contributed by atoms with Gasteiger partial charge in [0, 0.05) is 19.5 Å². The van der Waals surface area contributed by atoms with Crippen LogP contribution in [0.3, 0.4) is 0 Å². The zero-order chi connectivity index (χ0) is 14.8. The highest BCUT2D eigenvalue weighted by molar-refractivity contribution is 5.68. The zero-order valence-electron chi connectivity index (χ0n) is 12.1. The van der Waals surface area contributed by atoms with E-state index in [1.54, 1.807) is 0 Å². The number of rotatable bonds is 7. The van der Waals surface area contributed by atoms with Crippen molar-refractivity contribution in [2.24, 2.45) is 5.92 Å². The summed E-state index contributed by atoms with van der Waals surface area (Å²) in [7, 11) is 0. The molecule has 0 atom stereocenters. The summed E-state index contributed by atoms with van der Waals surface area (Å²) in [6.45, 7) is 7.78. The molecule has 2 rings (SSSR count). The van der Waals surface area contributed by atoms with Crippen LogP contribution in [0.25, 0.3) is 0 Å². The molecule has 1 aromatic heterocycles. The smallest absolute Gasteiger partial charge is 0.329 e. The second-order valence-corrected chi connectivity index (χ2v) is 5.98. The normalized spacial score (nSPS) is 18.2. The van der Waals surface area contributed by atoms with E-state index in [0.717, 1.165) is 12.2 Å². The Morgan fingerprint density at radius 3 is 2.85 bits per heavy atom. The van der Waals surface area contributed by atoms with E-state index in [1.165, 1.54) is 0 Å². The monoisotopic (exact) mass is 283 g/mol. The molecule has 1 aromatic rings. The average Bonchev–Trinajstić information content (AvgIpc) is 2.71. The summed E-state index contributed by atoms with van der Waals surface area (Å²) < 4.78 is 10.5. The molecule has 7 heteroatoms. The maximum absolute atomic E-state index is 10.5. The summed E-state index contributed by atoms with van der Waals surface area (Å²) in [5.41, 5.74) is -0.390. The molecule has 0 unspecified atom stereocenters. The van der Waals surface area contributed by atoms with E-state index in [1.807, 2.05) is 6.92 Å². The van der Waals surface area contributed by atoms with Crippen LogP contribution in [0.2, 0.25) is 0 Å². The molecule has 0 amide bonds. The van der Waals surface area contributed by atoms with Crippen molar-refractivity contribution in [2.45, 2.75) is 39.3 Å². The summed E-state index contributed by atoms with van der Waals surface area (Å²) in [6, 6.07) is 0. The predicted octanol–water partition coefficient (Wildman–Crippen LogP) is 0.944. The third kappa shape index (κ3) is 4.01. The van der Waals surface area contributed by atoms with E-state index in [0.29, 0.717) is 31.4 Å². The fraction of sp³-hybridized carbons (Fsp3) is 0.769. The Morgan fingerprint density at radius 2 is 2.25 bits per heavy atom. The Hall–Kier alpha value is -1.47. The number of aromatic nitrogens is 2. The van der Waals surface area contributed by atoms with Crippen LogP contribution in [-0.4, -0.2) is 51.4 Å². The molecule has 1 N–H and O–H groups in total. The lowest BCUT2D eigenvalue weighted by Gasteiger charge is -2.46. The van der Waals surface area contributed by atoms with Gasteiger partial charge in [-0.2, -0.15) is 4.98 Å². The van der Waals surface area contributed by atoms with Crippen molar-refractivity contribution in [1.29, 1.82) is 0 Å². The van der Waals surface area contributed by atoms with Crippen molar-refractivity contribution in [3.63, 3.8) is 0 Å². The van der Waals surface area contributed by atoms with Gasteiger partial charge in [0.25, 0.3) is 0 Å². The number of carbonyl (C=O) groups is 1. The SMILES string of the molecule is CC(C)Cc1noc(CN2CC(C)(OCC(=O)O)C2)n1. The van der Waals surface area contributed by atoms with Crippen LogP contribution in [0, 0.1) is 5.92 Å². The first-order valence-corrected chi connectivity index (χ1v) is 6.76. The van der Waals surface area contributed by atoms with E-state index >= 15 is 0 Å². The van der Waals surface area contributed by atoms with E-state index in [-0.39, 0.29) is 12.2 Å². The number of hydrogen-bond donors (Lipinski definition) is 1. The molecule has 0 aromatic carbocycles. The molecule has 1 aliphatic heterocycles. The van der Waals surface area contributed by atoms with Crippen molar-refractivity contribution in [3.8, 4) is 0 Å². The van der Waals surface area contributed by atoms with Gasteiger partial charge in [-0.05, 0) is 12.8 Å². The third-order valence-electron chi connectivity index (χ3n) is 3.12. The lowest BCUT2D eigenvalue weighted by molar-refractivity contribution is -0.166. The molecule has 7 nitrogen and oxygen atoms in total. The average molecular weight is 283 g/mol. The minimum absolute atomic E-state index is 0.260. The molecular weight excluding hydrogens is 262 g/mol. The highest BCUT2D eigenvalue weighted by Crippen LogP contribution is 2.25.